The van der Waals surface area contributed by atoms with E-state index in [1.165, 1.54) is 0 Å². The third-order valence-corrected chi connectivity index (χ3v) is 4.61. The van der Waals surface area contributed by atoms with Crippen LogP contribution in [0.25, 0.3) is 0 Å². The van der Waals surface area contributed by atoms with E-state index in [0.717, 1.165) is 5.56 Å². The normalized spacial score (nSPS) is 11.3. The van der Waals surface area contributed by atoms with E-state index in [-0.39, 0.29) is 12.4 Å². The molecule has 2 aromatic rings. The molecule has 2 rings (SSSR count). The second kappa shape index (κ2) is 8.17. The Balaban J connectivity index is 1.71. The first-order chi connectivity index (χ1) is 10.6. The summed E-state index contributed by atoms with van der Waals surface area (Å²) >= 11 is 5.80. The van der Waals surface area contributed by atoms with Crippen LogP contribution in [-0.4, -0.2) is 27.3 Å². The Kier molecular flexibility index (Phi) is 6.24. The molecular weight excluding hydrogens is 322 g/mol. The van der Waals surface area contributed by atoms with Gasteiger partial charge in [0, 0.05) is 11.6 Å². The molecule has 6 heteroatoms. The van der Waals surface area contributed by atoms with Gasteiger partial charge in [0.2, 0.25) is 10.0 Å². The lowest BCUT2D eigenvalue weighted by molar-refractivity contribution is 0.340. The molecule has 0 aliphatic heterocycles. The highest BCUT2D eigenvalue weighted by molar-refractivity contribution is 7.89. The summed E-state index contributed by atoms with van der Waals surface area (Å²) < 4.78 is 31.7. The summed E-state index contributed by atoms with van der Waals surface area (Å²) in [6.45, 7) is 0.482. The van der Waals surface area contributed by atoms with Gasteiger partial charge in [0.25, 0.3) is 0 Å². The fraction of sp³-hybridized carbons (Fsp3) is 0.250. The van der Waals surface area contributed by atoms with Crippen LogP contribution in [0.2, 0.25) is 5.02 Å². The lowest BCUT2D eigenvalue weighted by atomic mass is 10.2. The number of hydrogen-bond donors (Lipinski definition) is 1. The number of ether oxygens (including phenoxy) is 1. The number of benzene rings is 2. The Morgan fingerprint density at radius 3 is 2.36 bits per heavy atom. The van der Waals surface area contributed by atoms with E-state index in [9.17, 15) is 8.42 Å². The Labute approximate surface area is 136 Å². The van der Waals surface area contributed by atoms with Crippen LogP contribution >= 0.6 is 11.6 Å². The molecule has 0 saturated heterocycles. The van der Waals surface area contributed by atoms with Gasteiger partial charge in [-0.15, -0.1) is 0 Å². The maximum atomic E-state index is 11.9. The van der Waals surface area contributed by atoms with Crippen LogP contribution in [-0.2, 0) is 16.4 Å². The van der Waals surface area contributed by atoms with Gasteiger partial charge in [-0.3, -0.25) is 0 Å². The molecule has 0 heterocycles. The van der Waals surface area contributed by atoms with Gasteiger partial charge in [-0.1, -0.05) is 41.9 Å². The zero-order valence-corrected chi connectivity index (χ0v) is 13.6. The average molecular weight is 340 g/mol. The minimum Gasteiger partial charge on any atom is -0.492 e. The van der Waals surface area contributed by atoms with E-state index in [1.807, 2.05) is 30.3 Å². The molecule has 0 amide bonds. The Bertz CT molecular complexity index is 672. The average Bonchev–Trinajstić information content (AvgIpc) is 2.50. The van der Waals surface area contributed by atoms with E-state index >= 15 is 0 Å². The molecule has 0 spiro atoms. The van der Waals surface area contributed by atoms with Crippen molar-refractivity contribution in [3.63, 3.8) is 0 Å². The van der Waals surface area contributed by atoms with Crippen molar-refractivity contribution in [3.05, 3.63) is 65.2 Å². The van der Waals surface area contributed by atoms with E-state index in [1.54, 1.807) is 24.3 Å². The predicted octanol–water partition coefficient (Wildman–Crippen LogP) is 2.88. The summed E-state index contributed by atoms with van der Waals surface area (Å²) in [7, 11) is -3.33. The lowest BCUT2D eigenvalue weighted by Crippen LogP contribution is -2.30. The zero-order valence-electron chi connectivity index (χ0n) is 12.0. The summed E-state index contributed by atoms with van der Waals surface area (Å²) in [4.78, 5) is 0. The van der Waals surface area contributed by atoms with E-state index in [2.05, 4.69) is 4.72 Å². The molecule has 0 aliphatic carbocycles. The summed E-state index contributed by atoms with van der Waals surface area (Å²) in [5.41, 5.74) is 1.03. The van der Waals surface area contributed by atoms with Gasteiger partial charge in [0.05, 0.1) is 5.75 Å². The second-order valence-electron chi connectivity index (χ2n) is 4.75. The van der Waals surface area contributed by atoms with Gasteiger partial charge in [-0.25, -0.2) is 13.1 Å². The maximum Gasteiger partial charge on any atom is 0.214 e. The van der Waals surface area contributed by atoms with Crippen LogP contribution in [0, 0.1) is 0 Å². The standard InChI is InChI=1S/C16H18ClNO3S/c17-15-8-6-14(7-9-15)10-11-18-22(19,20)13-12-21-16-4-2-1-3-5-16/h1-9,18H,10-13H2. The topological polar surface area (TPSA) is 55.4 Å². The third-order valence-electron chi connectivity index (χ3n) is 3.01. The van der Waals surface area contributed by atoms with Crippen LogP contribution in [0.3, 0.4) is 0 Å². The molecular formula is C16H18ClNO3S. The molecule has 0 aliphatic rings. The number of sulfonamides is 1. The molecule has 0 fully saturated rings. The van der Waals surface area contributed by atoms with Gasteiger partial charge in [0.1, 0.15) is 12.4 Å². The smallest absolute Gasteiger partial charge is 0.214 e. The number of hydrogen-bond acceptors (Lipinski definition) is 3. The molecule has 1 N–H and O–H groups in total. The highest BCUT2D eigenvalue weighted by atomic mass is 35.5. The van der Waals surface area contributed by atoms with Crippen molar-refractivity contribution in [3.8, 4) is 5.75 Å². The quantitative estimate of drug-likeness (QED) is 0.804. The first-order valence-electron chi connectivity index (χ1n) is 6.95. The first-order valence-corrected chi connectivity index (χ1v) is 8.98. The van der Waals surface area contributed by atoms with Gasteiger partial charge in [-0.05, 0) is 36.2 Å². The Hall–Kier alpha value is -1.56. The molecule has 4 nitrogen and oxygen atoms in total. The minimum atomic E-state index is -3.33. The number of rotatable bonds is 8. The molecule has 0 bridgehead atoms. The minimum absolute atomic E-state index is 0.0670. The van der Waals surface area contributed by atoms with E-state index < -0.39 is 10.0 Å². The molecule has 0 radical (unpaired) electrons. The highest BCUT2D eigenvalue weighted by Crippen LogP contribution is 2.10. The second-order valence-corrected chi connectivity index (χ2v) is 7.11. The monoisotopic (exact) mass is 339 g/mol. The van der Waals surface area contributed by atoms with Crippen molar-refractivity contribution in [2.75, 3.05) is 18.9 Å². The number of nitrogens with one attached hydrogen (secondary N) is 1. The molecule has 0 saturated carbocycles. The van der Waals surface area contributed by atoms with Crippen molar-refractivity contribution < 1.29 is 13.2 Å². The van der Waals surface area contributed by atoms with E-state index in [0.29, 0.717) is 23.7 Å². The van der Waals surface area contributed by atoms with Crippen molar-refractivity contribution in [2.45, 2.75) is 6.42 Å². The first kappa shape index (κ1) is 16.8. The SMILES string of the molecule is O=S(=O)(CCOc1ccccc1)NCCc1ccc(Cl)cc1. The summed E-state index contributed by atoms with van der Waals surface area (Å²) in [5.74, 6) is 0.599. The Morgan fingerprint density at radius 2 is 1.68 bits per heavy atom. The van der Waals surface area contributed by atoms with Gasteiger partial charge in [0.15, 0.2) is 0 Å². The van der Waals surface area contributed by atoms with Crippen molar-refractivity contribution in [1.82, 2.24) is 4.72 Å². The fourth-order valence-corrected chi connectivity index (χ4v) is 2.85. The van der Waals surface area contributed by atoms with Gasteiger partial charge in [-0.2, -0.15) is 0 Å². The highest BCUT2D eigenvalue weighted by Gasteiger charge is 2.09. The molecule has 0 atom stereocenters. The van der Waals surface area contributed by atoms with Crippen molar-refractivity contribution in [2.24, 2.45) is 0 Å². The van der Waals surface area contributed by atoms with E-state index in [4.69, 9.17) is 16.3 Å². The molecule has 0 aromatic heterocycles. The lowest BCUT2D eigenvalue weighted by Gasteiger charge is -2.08. The van der Waals surface area contributed by atoms with Crippen LogP contribution in [0.4, 0.5) is 0 Å². The van der Waals surface area contributed by atoms with Crippen LogP contribution < -0.4 is 9.46 Å². The summed E-state index contributed by atoms with van der Waals surface area (Å²) in [6.07, 6.45) is 0.621. The molecule has 2 aromatic carbocycles. The van der Waals surface area contributed by atoms with Crippen molar-refractivity contribution >= 4 is 21.6 Å². The predicted molar refractivity (Wildman–Crippen MR) is 88.9 cm³/mol. The third kappa shape index (κ3) is 6.05. The fourth-order valence-electron chi connectivity index (χ4n) is 1.86. The summed E-state index contributed by atoms with van der Waals surface area (Å²) in [5, 5.41) is 0.669. The maximum absolute atomic E-state index is 11.9. The molecule has 118 valence electrons. The van der Waals surface area contributed by atoms with Gasteiger partial charge < -0.3 is 4.74 Å². The largest absolute Gasteiger partial charge is 0.492 e. The van der Waals surface area contributed by atoms with Crippen LogP contribution in [0.15, 0.2) is 54.6 Å². The van der Waals surface area contributed by atoms with Gasteiger partial charge >= 0.3 is 0 Å². The number of para-hydroxylation sites is 1. The zero-order chi connectivity index (χ0) is 15.8. The summed E-state index contributed by atoms with van der Waals surface area (Å²) in [6, 6.07) is 16.5. The van der Waals surface area contributed by atoms with Crippen LogP contribution in [0.5, 0.6) is 5.75 Å². The molecule has 22 heavy (non-hydrogen) atoms. The Morgan fingerprint density at radius 1 is 1.00 bits per heavy atom. The number of halogens is 1. The van der Waals surface area contributed by atoms with Crippen molar-refractivity contribution in [1.29, 1.82) is 0 Å². The van der Waals surface area contributed by atoms with Crippen LogP contribution in [0.1, 0.15) is 5.56 Å². The molecule has 0 unspecified atom stereocenters.